The van der Waals surface area contributed by atoms with Gasteiger partial charge < -0.3 is 19.3 Å². The lowest BCUT2D eigenvalue weighted by Gasteiger charge is -2.31. The molecule has 2 aromatic carbocycles. The second kappa shape index (κ2) is 7.79. The van der Waals surface area contributed by atoms with E-state index in [0.717, 1.165) is 23.4 Å². The van der Waals surface area contributed by atoms with Crippen LogP contribution in [0, 0.1) is 6.92 Å². The van der Waals surface area contributed by atoms with Crippen molar-refractivity contribution in [3.63, 3.8) is 0 Å². The van der Waals surface area contributed by atoms with Crippen LogP contribution in [0.3, 0.4) is 0 Å². The van der Waals surface area contributed by atoms with Crippen molar-refractivity contribution in [1.29, 1.82) is 0 Å². The predicted octanol–water partition coefficient (Wildman–Crippen LogP) is 2.97. The molecule has 0 fully saturated rings. The lowest BCUT2D eigenvalue weighted by atomic mass is 10.1. The number of hydrogen-bond donors (Lipinski definition) is 0. The van der Waals surface area contributed by atoms with Gasteiger partial charge in [0.05, 0.1) is 25.3 Å². The molecular formula is C21H26N2O3. The summed E-state index contributed by atoms with van der Waals surface area (Å²) in [5, 5.41) is 0. The molecule has 1 heterocycles. The third-order valence-corrected chi connectivity index (χ3v) is 4.60. The van der Waals surface area contributed by atoms with Crippen molar-refractivity contribution in [2.45, 2.75) is 19.5 Å². The van der Waals surface area contributed by atoms with Crippen LogP contribution < -0.4 is 9.47 Å². The lowest BCUT2D eigenvalue weighted by Crippen LogP contribution is -2.47. The molecule has 2 aromatic rings. The first-order chi connectivity index (χ1) is 12.5. The number of amides is 1. The van der Waals surface area contributed by atoms with Crippen LogP contribution in [-0.4, -0.2) is 56.1 Å². The highest BCUT2D eigenvalue weighted by Crippen LogP contribution is 2.29. The van der Waals surface area contributed by atoms with Crippen molar-refractivity contribution in [3.05, 3.63) is 59.2 Å². The summed E-state index contributed by atoms with van der Waals surface area (Å²) < 4.78 is 11.4. The van der Waals surface area contributed by atoms with E-state index >= 15 is 0 Å². The van der Waals surface area contributed by atoms with Gasteiger partial charge in [0.25, 0.3) is 5.91 Å². The predicted molar refractivity (Wildman–Crippen MR) is 102 cm³/mol. The number of aryl methyl sites for hydroxylation is 1. The molecule has 0 spiro atoms. The van der Waals surface area contributed by atoms with Crippen LogP contribution in [0.4, 0.5) is 0 Å². The van der Waals surface area contributed by atoms with Crippen molar-refractivity contribution in [2.75, 3.05) is 34.4 Å². The normalized spacial score (nSPS) is 16.7. The van der Waals surface area contributed by atoms with E-state index in [2.05, 4.69) is 17.9 Å². The molecule has 0 saturated carbocycles. The number of rotatable bonds is 4. The Labute approximate surface area is 155 Å². The maximum absolute atomic E-state index is 13.4. The first-order valence-electron chi connectivity index (χ1n) is 8.80. The number of hydrogen-bond acceptors (Lipinski definition) is 4. The number of likely N-dealkylation sites (N-methyl/N-ethyl adjacent to an activating group) is 1. The van der Waals surface area contributed by atoms with Gasteiger partial charge in [-0.2, -0.15) is 0 Å². The van der Waals surface area contributed by atoms with Gasteiger partial charge in [0.2, 0.25) is 0 Å². The second-order valence-corrected chi connectivity index (χ2v) is 6.97. The summed E-state index contributed by atoms with van der Waals surface area (Å²) in [5.74, 6) is 1.41. The maximum Gasteiger partial charge on any atom is 0.258 e. The van der Waals surface area contributed by atoms with Gasteiger partial charge in [-0.15, -0.1) is 0 Å². The van der Waals surface area contributed by atoms with Crippen LogP contribution in [0.5, 0.6) is 11.5 Å². The highest BCUT2D eigenvalue weighted by molar-refractivity contribution is 5.97. The second-order valence-electron chi connectivity index (χ2n) is 6.97. The Balaban J connectivity index is 1.99. The van der Waals surface area contributed by atoms with Gasteiger partial charge in [-0.1, -0.05) is 29.8 Å². The summed E-state index contributed by atoms with van der Waals surface area (Å²) in [6.07, 6.45) is 0. The Hall–Kier alpha value is -2.53. The van der Waals surface area contributed by atoms with E-state index in [9.17, 15) is 4.79 Å². The molecule has 0 aromatic heterocycles. The minimum Gasteiger partial charge on any atom is -0.496 e. The lowest BCUT2D eigenvalue weighted by molar-refractivity contribution is 0.0580. The summed E-state index contributed by atoms with van der Waals surface area (Å²) in [4.78, 5) is 17.4. The quantitative estimate of drug-likeness (QED) is 0.847. The van der Waals surface area contributed by atoms with E-state index in [1.54, 1.807) is 7.11 Å². The molecule has 3 rings (SSSR count). The summed E-state index contributed by atoms with van der Waals surface area (Å²) in [6.45, 7) is 3.77. The van der Waals surface area contributed by atoms with Crippen molar-refractivity contribution >= 4 is 5.91 Å². The molecule has 0 N–H and O–H groups in total. The Kier molecular flexibility index (Phi) is 5.47. The summed E-state index contributed by atoms with van der Waals surface area (Å²) >= 11 is 0. The SMILES string of the molecule is COc1ccccc1C(=O)N1Cc2cc(C)ccc2OC[C@H]1CN(C)C. The average molecular weight is 354 g/mol. The Morgan fingerprint density at radius 2 is 2.04 bits per heavy atom. The van der Waals surface area contributed by atoms with Gasteiger partial charge in [-0.05, 0) is 39.2 Å². The zero-order chi connectivity index (χ0) is 18.7. The van der Waals surface area contributed by atoms with Gasteiger partial charge in [0.1, 0.15) is 18.1 Å². The first-order valence-corrected chi connectivity index (χ1v) is 8.80. The van der Waals surface area contributed by atoms with Crippen molar-refractivity contribution < 1.29 is 14.3 Å². The molecule has 0 radical (unpaired) electrons. The van der Waals surface area contributed by atoms with Crippen LogP contribution in [-0.2, 0) is 6.54 Å². The van der Waals surface area contributed by atoms with Crippen LogP contribution >= 0.6 is 0 Å². The first kappa shape index (κ1) is 18.3. The minimum atomic E-state index is -0.0462. The maximum atomic E-state index is 13.4. The van der Waals surface area contributed by atoms with Crippen LogP contribution in [0.1, 0.15) is 21.5 Å². The zero-order valence-electron chi connectivity index (χ0n) is 15.9. The Morgan fingerprint density at radius 3 is 2.77 bits per heavy atom. The molecule has 5 nitrogen and oxygen atoms in total. The highest BCUT2D eigenvalue weighted by atomic mass is 16.5. The number of nitrogens with zero attached hydrogens (tertiary/aromatic N) is 2. The van der Waals surface area contributed by atoms with Gasteiger partial charge in [0.15, 0.2) is 0 Å². The average Bonchev–Trinajstić information content (AvgIpc) is 2.80. The fraction of sp³-hybridized carbons (Fsp3) is 0.381. The fourth-order valence-electron chi connectivity index (χ4n) is 3.35. The standard InChI is InChI=1S/C21H26N2O3/c1-15-9-10-19-16(11-15)12-23(17(14-26-19)13-22(2)3)21(24)18-7-5-6-8-20(18)25-4/h5-11,17H,12-14H2,1-4H3/t17-/m1/s1. The minimum absolute atomic E-state index is 0.0349. The van der Waals surface area contributed by atoms with Crippen LogP contribution in [0.15, 0.2) is 42.5 Å². The van der Waals surface area contributed by atoms with E-state index in [4.69, 9.17) is 9.47 Å². The van der Waals surface area contributed by atoms with Gasteiger partial charge >= 0.3 is 0 Å². The number of carbonyl (C=O) groups is 1. The number of carbonyl (C=O) groups excluding carboxylic acids is 1. The van der Waals surface area contributed by atoms with E-state index in [-0.39, 0.29) is 11.9 Å². The van der Waals surface area contributed by atoms with E-state index < -0.39 is 0 Å². The number of fused-ring (bicyclic) bond motifs is 1. The Morgan fingerprint density at radius 1 is 1.27 bits per heavy atom. The monoisotopic (exact) mass is 354 g/mol. The van der Waals surface area contributed by atoms with Gasteiger partial charge in [-0.3, -0.25) is 4.79 Å². The van der Waals surface area contributed by atoms with Crippen molar-refractivity contribution in [2.24, 2.45) is 0 Å². The molecule has 1 aliphatic heterocycles. The van der Waals surface area contributed by atoms with Crippen LogP contribution in [0.25, 0.3) is 0 Å². The number of para-hydroxylation sites is 1. The topological polar surface area (TPSA) is 42.0 Å². The molecule has 138 valence electrons. The highest BCUT2D eigenvalue weighted by Gasteiger charge is 2.31. The molecule has 0 bridgehead atoms. The van der Waals surface area contributed by atoms with E-state index in [1.807, 2.05) is 55.4 Å². The van der Waals surface area contributed by atoms with Gasteiger partial charge in [0, 0.05) is 12.1 Å². The third-order valence-electron chi connectivity index (χ3n) is 4.60. The molecule has 5 heteroatoms. The third kappa shape index (κ3) is 3.83. The molecule has 0 aliphatic carbocycles. The largest absolute Gasteiger partial charge is 0.496 e. The van der Waals surface area contributed by atoms with E-state index in [1.165, 1.54) is 0 Å². The summed E-state index contributed by atoms with van der Waals surface area (Å²) in [6, 6.07) is 13.5. The smallest absolute Gasteiger partial charge is 0.258 e. The van der Waals surface area contributed by atoms with E-state index in [0.29, 0.717) is 24.5 Å². The summed E-state index contributed by atoms with van der Waals surface area (Å²) in [7, 11) is 5.61. The van der Waals surface area contributed by atoms with Crippen molar-refractivity contribution in [1.82, 2.24) is 9.80 Å². The number of benzene rings is 2. The number of methoxy groups -OCH3 is 1. The van der Waals surface area contributed by atoms with Crippen LogP contribution in [0.2, 0.25) is 0 Å². The zero-order valence-corrected chi connectivity index (χ0v) is 15.9. The van der Waals surface area contributed by atoms with Crippen molar-refractivity contribution in [3.8, 4) is 11.5 Å². The molecule has 0 saturated heterocycles. The molecule has 1 atom stereocenters. The molecular weight excluding hydrogens is 328 g/mol. The fourth-order valence-corrected chi connectivity index (χ4v) is 3.35. The molecule has 26 heavy (non-hydrogen) atoms. The Bertz CT molecular complexity index is 789. The van der Waals surface area contributed by atoms with Gasteiger partial charge in [-0.25, -0.2) is 0 Å². The number of ether oxygens (including phenoxy) is 2. The molecule has 1 amide bonds. The molecule has 1 aliphatic rings. The molecule has 0 unspecified atom stereocenters. The summed E-state index contributed by atoms with van der Waals surface area (Å²) in [5.41, 5.74) is 2.77.